The Morgan fingerprint density at radius 3 is 2.76 bits per heavy atom. The van der Waals surface area contributed by atoms with Crippen LogP contribution in [0.15, 0.2) is 29.2 Å². The second kappa shape index (κ2) is 5.78. The summed E-state index contributed by atoms with van der Waals surface area (Å²) in [7, 11) is -3.84. The fourth-order valence-electron chi connectivity index (χ4n) is 2.19. The quantitative estimate of drug-likeness (QED) is 0.642. The summed E-state index contributed by atoms with van der Waals surface area (Å²) in [5.74, 6) is -0.105. The van der Waals surface area contributed by atoms with E-state index in [9.17, 15) is 23.3 Å². The van der Waals surface area contributed by atoms with E-state index < -0.39 is 14.9 Å². The third-order valence-corrected chi connectivity index (χ3v) is 4.81. The molecule has 1 atom stereocenters. The minimum Gasteiger partial charge on any atom is -0.341 e. The van der Waals surface area contributed by atoms with Gasteiger partial charge in [-0.05, 0) is 12.5 Å². The van der Waals surface area contributed by atoms with Crippen LogP contribution >= 0.6 is 0 Å². The Hall–Kier alpha value is -2.00. The summed E-state index contributed by atoms with van der Waals surface area (Å²) in [6, 6.07) is 4.49. The maximum atomic E-state index is 12.2. The number of likely N-dealkylation sites (tertiary alicyclic amines) is 1. The molecule has 1 aromatic carbocycles. The van der Waals surface area contributed by atoms with Crippen molar-refractivity contribution in [1.82, 2.24) is 9.62 Å². The molecule has 0 spiro atoms. The van der Waals surface area contributed by atoms with Gasteiger partial charge in [0.2, 0.25) is 15.9 Å². The fourth-order valence-corrected chi connectivity index (χ4v) is 3.50. The van der Waals surface area contributed by atoms with E-state index in [1.165, 1.54) is 25.1 Å². The lowest BCUT2D eigenvalue weighted by Crippen LogP contribution is -2.37. The van der Waals surface area contributed by atoms with Crippen LogP contribution in [-0.2, 0) is 14.8 Å². The number of hydrogen-bond donors (Lipinski definition) is 1. The molecule has 21 heavy (non-hydrogen) atoms. The number of nitrogens with one attached hydrogen (secondary N) is 1. The van der Waals surface area contributed by atoms with Crippen molar-refractivity contribution in [3.8, 4) is 0 Å². The van der Waals surface area contributed by atoms with E-state index in [0.29, 0.717) is 19.5 Å². The van der Waals surface area contributed by atoms with E-state index in [0.717, 1.165) is 6.07 Å². The highest BCUT2D eigenvalue weighted by Gasteiger charge is 2.28. The van der Waals surface area contributed by atoms with Gasteiger partial charge in [-0.25, -0.2) is 13.1 Å². The predicted octanol–water partition coefficient (Wildman–Crippen LogP) is 0.494. The summed E-state index contributed by atoms with van der Waals surface area (Å²) >= 11 is 0. The number of sulfonamides is 1. The lowest BCUT2D eigenvalue weighted by Gasteiger charge is -2.15. The van der Waals surface area contributed by atoms with Crippen LogP contribution in [0.5, 0.6) is 0 Å². The number of amides is 1. The molecule has 9 heteroatoms. The number of benzene rings is 1. The van der Waals surface area contributed by atoms with Crippen LogP contribution in [0, 0.1) is 10.1 Å². The first-order chi connectivity index (χ1) is 9.79. The Labute approximate surface area is 122 Å². The average Bonchev–Trinajstić information content (AvgIpc) is 2.87. The van der Waals surface area contributed by atoms with Gasteiger partial charge in [-0.2, -0.15) is 0 Å². The monoisotopic (exact) mass is 313 g/mol. The van der Waals surface area contributed by atoms with Crippen molar-refractivity contribution < 1.29 is 18.1 Å². The minimum absolute atomic E-state index is 0.105. The van der Waals surface area contributed by atoms with Gasteiger partial charge in [-0.3, -0.25) is 14.9 Å². The van der Waals surface area contributed by atoms with Crippen LogP contribution < -0.4 is 4.72 Å². The normalized spacial score (nSPS) is 18.7. The largest absolute Gasteiger partial charge is 0.341 e. The van der Waals surface area contributed by atoms with Crippen molar-refractivity contribution in [2.75, 3.05) is 13.1 Å². The SMILES string of the molecule is CC(=O)N1CCC(NS(=O)(=O)c2cccc([N+](=O)[O-])c2)C1. The minimum atomic E-state index is -3.84. The van der Waals surface area contributed by atoms with Gasteiger partial charge in [0.05, 0.1) is 9.82 Å². The first kappa shape index (κ1) is 15.4. The van der Waals surface area contributed by atoms with Gasteiger partial charge in [-0.1, -0.05) is 6.07 Å². The van der Waals surface area contributed by atoms with Crippen molar-refractivity contribution in [2.24, 2.45) is 0 Å². The average molecular weight is 313 g/mol. The molecule has 2 rings (SSSR count). The molecule has 0 aliphatic carbocycles. The van der Waals surface area contributed by atoms with Crippen LogP contribution in [0.25, 0.3) is 0 Å². The zero-order chi connectivity index (χ0) is 15.6. The number of hydrogen-bond acceptors (Lipinski definition) is 5. The molecule has 1 aromatic rings. The van der Waals surface area contributed by atoms with Crippen molar-refractivity contribution in [2.45, 2.75) is 24.3 Å². The highest BCUT2D eigenvalue weighted by Crippen LogP contribution is 2.19. The lowest BCUT2D eigenvalue weighted by molar-refractivity contribution is -0.385. The molecule has 8 nitrogen and oxygen atoms in total. The lowest BCUT2D eigenvalue weighted by atomic mass is 10.3. The van der Waals surface area contributed by atoms with Gasteiger partial charge in [0.25, 0.3) is 5.69 Å². The Morgan fingerprint density at radius 1 is 1.48 bits per heavy atom. The maximum absolute atomic E-state index is 12.2. The molecule has 1 aliphatic heterocycles. The van der Waals surface area contributed by atoms with Gasteiger partial charge in [0.15, 0.2) is 0 Å². The Kier molecular flexibility index (Phi) is 4.24. The topological polar surface area (TPSA) is 110 Å². The summed E-state index contributed by atoms with van der Waals surface area (Å²) in [6.45, 7) is 2.23. The Balaban J connectivity index is 2.14. The number of nitrogens with zero attached hydrogens (tertiary/aromatic N) is 2. The zero-order valence-corrected chi connectivity index (χ0v) is 12.2. The number of carbonyl (C=O) groups excluding carboxylic acids is 1. The third kappa shape index (κ3) is 3.56. The molecule has 1 heterocycles. The van der Waals surface area contributed by atoms with Crippen molar-refractivity contribution in [3.05, 3.63) is 34.4 Å². The molecular formula is C12H15N3O5S. The van der Waals surface area contributed by atoms with Gasteiger partial charge in [-0.15, -0.1) is 0 Å². The van der Waals surface area contributed by atoms with Crippen LogP contribution in [0.2, 0.25) is 0 Å². The number of non-ortho nitro benzene ring substituents is 1. The van der Waals surface area contributed by atoms with E-state index in [1.807, 2.05) is 0 Å². The van der Waals surface area contributed by atoms with Crippen LogP contribution in [-0.4, -0.2) is 43.3 Å². The summed E-state index contributed by atoms with van der Waals surface area (Å²) in [5, 5.41) is 10.7. The Bertz CT molecular complexity index is 673. The molecule has 0 radical (unpaired) electrons. The fraction of sp³-hybridized carbons (Fsp3) is 0.417. The van der Waals surface area contributed by atoms with Crippen molar-refractivity contribution in [3.63, 3.8) is 0 Å². The van der Waals surface area contributed by atoms with Crippen LogP contribution in [0.3, 0.4) is 0 Å². The third-order valence-electron chi connectivity index (χ3n) is 3.29. The summed E-state index contributed by atoms with van der Waals surface area (Å²) < 4.78 is 26.9. The van der Waals surface area contributed by atoms with Gasteiger partial charge in [0.1, 0.15) is 0 Å². The molecule has 1 N–H and O–H groups in total. The van der Waals surface area contributed by atoms with E-state index >= 15 is 0 Å². The smallest absolute Gasteiger partial charge is 0.270 e. The van der Waals surface area contributed by atoms with E-state index in [4.69, 9.17) is 0 Å². The molecule has 0 aromatic heterocycles. The van der Waals surface area contributed by atoms with Crippen LogP contribution in [0.4, 0.5) is 5.69 Å². The van der Waals surface area contributed by atoms with E-state index in [2.05, 4.69) is 4.72 Å². The number of carbonyl (C=O) groups is 1. The molecule has 1 unspecified atom stereocenters. The summed E-state index contributed by atoms with van der Waals surface area (Å²) in [6.07, 6.45) is 0.522. The second-order valence-electron chi connectivity index (χ2n) is 4.83. The van der Waals surface area contributed by atoms with Crippen molar-refractivity contribution in [1.29, 1.82) is 0 Å². The van der Waals surface area contributed by atoms with Crippen molar-refractivity contribution >= 4 is 21.6 Å². The van der Waals surface area contributed by atoms with E-state index in [-0.39, 0.29) is 22.5 Å². The molecule has 1 fully saturated rings. The number of nitro groups is 1. The number of rotatable bonds is 4. The summed E-state index contributed by atoms with van der Waals surface area (Å²) in [4.78, 5) is 22.7. The van der Waals surface area contributed by atoms with Gasteiger partial charge < -0.3 is 4.90 Å². The Morgan fingerprint density at radius 2 is 2.19 bits per heavy atom. The highest BCUT2D eigenvalue weighted by atomic mass is 32.2. The van der Waals surface area contributed by atoms with Gasteiger partial charge in [0, 0.05) is 38.2 Å². The highest BCUT2D eigenvalue weighted by molar-refractivity contribution is 7.89. The standard InChI is InChI=1S/C12H15N3O5S/c1-9(16)14-6-5-10(8-14)13-21(19,20)12-4-2-3-11(7-12)15(17)18/h2-4,7,10,13H,5-6,8H2,1H3. The van der Waals surface area contributed by atoms with E-state index in [1.54, 1.807) is 4.90 Å². The molecule has 114 valence electrons. The molecular weight excluding hydrogens is 298 g/mol. The molecule has 1 saturated heterocycles. The first-order valence-corrected chi connectivity index (χ1v) is 7.80. The second-order valence-corrected chi connectivity index (χ2v) is 6.54. The predicted molar refractivity (Wildman–Crippen MR) is 74.1 cm³/mol. The molecule has 1 amide bonds. The number of nitro benzene ring substituents is 1. The zero-order valence-electron chi connectivity index (χ0n) is 11.4. The molecule has 1 aliphatic rings. The van der Waals surface area contributed by atoms with Gasteiger partial charge >= 0.3 is 0 Å². The summed E-state index contributed by atoms with van der Waals surface area (Å²) in [5.41, 5.74) is -0.283. The van der Waals surface area contributed by atoms with Crippen LogP contribution in [0.1, 0.15) is 13.3 Å². The molecule has 0 bridgehead atoms. The first-order valence-electron chi connectivity index (χ1n) is 6.32. The molecule has 0 saturated carbocycles. The maximum Gasteiger partial charge on any atom is 0.270 e.